The van der Waals surface area contributed by atoms with E-state index in [0.717, 1.165) is 6.92 Å². The summed E-state index contributed by atoms with van der Waals surface area (Å²) in [7, 11) is 0. The average molecular weight is 490 g/mol. The number of carbonyl (C=O) groups excluding carboxylic acids is 4. The summed E-state index contributed by atoms with van der Waals surface area (Å²) in [6.07, 6.45) is 0.334. The van der Waals surface area contributed by atoms with Crippen LogP contribution in [0.1, 0.15) is 45.1 Å². The van der Waals surface area contributed by atoms with Gasteiger partial charge in [-0.05, 0) is 50.1 Å². The van der Waals surface area contributed by atoms with Crippen molar-refractivity contribution >= 4 is 29.9 Å². The highest BCUT2D eigenvalue weighted by Gasteiger charge is 2.29. The van der Waals surface area contributed by atoms with Gasteiger partial charge in [0.25, 0.3) is 5.91 Å². The van der Waals surface area contributed by atoms with Gasteiger partial charge in [0.1, 0.15) is 29.8 Å². The number of anilines is 1. The van der Waals surface area contributed by atoms with Crippen LogP contribution in [0.3, 0.4) is 0 Å². The fourth-order valence-electron chi connectivity index (χ4n) is 3.15. The van der Waals surface area contributed by atoms with Gasteiger partial charge in [-0.1, -0.05) is 13.8 Å². The third-order valence-electron chi connectivity index (χ3n) is 4.79. The normalized spacial score (nSPS) is 13.2. The quantitative estimate of drug-likeness (QED) is 0.364. The zero-order valence-electron chi connectivity index (χ0n) is 20.0. The van der Waals surface area contributed by atoms with Gasteiger partial charge in [0.15, 0.2) is 11.4 Å². The van der Waals surface area contributed by atoms with E-state index in [4.69, 9.17) is 14.2 Å². The summed E-state index contributed by atoms with van der Waals surface area (Å²) < 4.78 is 29.6. The third-order valence-corrected chi connectivity index (χ3v) is 4.79. The van der Waals surface area contributed by atoms with Gasteiger partial charge in [-0.15, -0.1) is 0 Å². The van der Waals surface area contributed by atoms with E-state index in [-0.39, 0.29) is 23.0 Å². The number of halogens is 1. The Morgan fingerprint density at radius 1 is 1.06 bits per heavy atom. The maximum absolute atomic E-state index is 13.2. The Labute approximate surface area is 202 Å². The van der Waals surface area contributed by atoms with Crippen molar-refractivity contribution < 1.29 is 37.8 Å². The molecule has 0 aliphatic carbocycles. The summed E-state index contributed by atoms with van der Waals surface area (Å²) in [6, 6.07) is 5.72. The van der Waals surface area contributed by atoms with Crippen molar-refractivity contribution in [1.29, 1.82) is 0 Å². The van der Waals surface area contributed by atoms with E-state index in [0.29, 0.717) is 12.2 Å². The molecule has 2 rings (SSSR count). The molecule has 10 nitrogen and oxygen atoms in total. The van der Waals surface area contributed by atoms with E-state index in [1.54, 1.807) is 6.92 Å². The highest BCUT2D eigenvalue weighted by Crippen LogP contribution is 2.27. The molecule has 1 heterocycles. The van der Waals surface area contributed by atoms with Crippen LogP contribution >= 0.6 is 0 Å². The van der Waals surface area contributed by atoms with Crippen LogP contribution in [-0.4, -0.2) is 47.5 Å². The molecule has 11 heteroatoms. The van der Waals surface area contributed by atoms with Crippen LogP contribution in [0.4, 0.5) is 10.1 Å². The van der Waals surface area contributed by atoms with Gasteiger partial charge in [0.2, 0.25) is 6.41 Å². The zero-order valence-corrected chi connectivity index (χ0v) is 20.0. The predicted octanol–water partition coefficient (Wildman–Crippen LogP) is 2.87. The molecule has 2 unspecified atom stereocenters. The minimum atomic E-state index is -1.10. The zero-order chi connectivity index (χ0) is 26.1. The molecule has 1 aromatic carbocycles. The van der Waals surface area contributed by atoms with E-state index < -0.39 is 41.9 Å². The molecule has 0 radical (unpaired) electrons. The Morgan fingerprint density at radius 3 is 2.29 bits per heavy atom. The smallest absolute Gasteiger partial charge is 0.328 e. The van der Waals surface area contributed by atoms with Crippen LogP contribution in [0, 0.1) is 11.7 Å². The van der Waals surface area contributed by atoms with Gasteiger partial charge in [0, 0.05) is 13.1 Å². The first-order valence-electron chi connectivity index (χ1n) is 10.8. The largest absolute Gasteiger partial charge is 0.486 e. The third kappa shape index (κ3) is 7.76. The number of rotatable bonds is 11. The number of carbonyl (C=O) groups is 4. The van der Waals surface area contributed by atoms with E-state index in [2.05, 4.69) is 15.6 Å². The molecule has 1 aromatic heterocycles. The number of pyridine rings is 1. The summed E-state index contributed by atoms with van der Waals surface area (Å²) in [5.74, 6) is -2.60. The maximum atomic E-state index is 13.2. The first kappa shape index (κ1) is 27.2. The molecule has 0 bridgehead atoms. The van der Waals surface area contributed by atoms with Crippen molar-refractivity contribution in [2.45, 2.75) is 52.9 Å². The van der Waals surface area contributed by atoms with Gasteiger partial charge in [-0.2, -0.15) is 0 Å². The first-order chi connectivity index (χ1) is 16.5. The summed E-state index contributed by atoms with van der Waals surface area (Å²) in [4.78, 5) is 51.6. The average Bonchev–Trinajstić information content (AvgIpc) is 2.79. The molecule has 188 valence electrons. The molecule has 2 aromatic rings. The number of hydrogen-bond donors (Lipinski definition) is 2. The Bertz CT molecular complexity index is 1060. The van der Waals surface area contributed by atoms with Crippen LogP contribution in [0.15, 0.2) is 36.5 Å². The molecule has 0 spiro atoms. The Balaban J connectivity index is 2.10. The molecule has 0 saturated heterocycles. The highest BCUT2D eigenvalue weighted by atomic mass is 19.1. The molecule has 2 N–H and O–H groups in total. The fraction of sp³-hybridized carbons (Fsp3) is 0.375. The molecule has 0 fully saturated rings. The predicted molar refractivity (Wildman–Crippen MR) is 123 cm³/mol. The molecule has 0 aliphatic heterocycles. The second-order valence-corrected chi connectivity index (χ2v) is 8.01. The SMILES string of the molecule is CC(=O)Oc1c(NC=O)ccnc1C(=O)N[C@@H](C)C(=O)OC(C)C(Oc1ccc(F)cc1)C(C)C. The number of nitrogens with zero attached hydrogens (tertiary/aromatic N) is 1. The lowest BCUT2D eigenvalue weighted by atomic mass is 10.0. The molecule has 0 aliphatic rings. The van der Waals surface area contributed by atoms with Crippen molar-refractivity contribution in [2.75, 3.05) is 5.32 Å². The molecular weight excluding hydrogens is 461 g/mol. The van der Waals surface area contributed by atoms with Crippen molar-refractivity contribution in [3.63, 3.8) is 0 Å². The molecule has 3 atom stereocenters. The fourth-order valence-corrected chi connectivity index (χ4v) is 3.15. The van der Waals surface area contributed by atoms with Gasteiger partial charge in [-0.25, -0.2) is 14.2 Å². The number of hydrogen-bond acceptors (Lipinski definition) is 8. The van der Waals surface area contributed by atoms with Crippen molar-refractivity contribution in [2.24, 2.45) is 5.92 Å². The lowest BCUT2D eigenvalue weighted by Gasteiger charge is -2.29. The minimum Gasteiger partial charge on any atom is -0.486 e. The topological polar surface area (TPSA) is 133 Å². The van der Waals surface area contributed by atoms with E-state index in [1.165, 1.54) is 43.5 Å². The second-order valence-electron chi connectivity index (χ2n) is 8.01. The Kier molecular flexibility index (Phi) is 9.68. The second kappa shape index (κ2) is 12.4. The number of benzene rings is 1. The van der Waals surface area contributed by atoms with Gasteiger partial charge in [0.05, 0.1) is 5.69 Å². The number of nitrogens with one attached hydrogen (secondary N) is 2. The number of esters is 2. The summed E-state index contributed by atoms with van der Waals surface area (Å²) >= 11 is 0. The van der Waals surface area contributed by atoms with Crippen molar-refractivity contribution in [1.82, 2.24) is 10.3 Å². The van der Waals surface area contributed by atoms with Crippen LogP contribution in [0.25, 0.3) is 0 Å². The van der Waals surface area contributed by atoms with Crippen LogP contribution in [-0.2, 0) is 19.1 Å². The highest BCUT2D eigenvalue weighted by molar-refractivity contribution is 6.00. The minimum absolute atomic E-state index is 0.0527. The van der Waals surface area contributed by atoms with Gasteiger partial charge < -0.3 is 24.8 Å². The maximum Gasteiger partial charge on any atom is 0.328 e. The Morgan fingerprint density at radius 2 is 1.71 bits per heavy atom. The van der Waals surface area contributed by atoms with Gasteiger partial charge in [-0.3, -0.25) is 14.4 Å². The summed E-state index contributed by atoms with van der Waals surface area (Å²) in [5, 5.41) is 4.76. The van der Waals surface area contributed by atoms with Crippen LogP contribution in [0.5, 0.6) is 11.5 Å². The molecule has 0 saturated carbocycles. The molecule has 35 heavy (non-hydrogen) atoms. The van der Waals surface area contributed by atoms with E-state index >= 15 is 0 Å². The summed E-state index contributed by atoms with van der Waals surface area (Å²) in [6.45, 7) is 7.95. The number of amides is 2. The Hall–Kier alpha value is -4.02. The van der Waals surface area contributed by atoms with Crippen LogP contribution < -0.4 is 20.1 Å². The molecular formula is C24H28FN3O7. The van der Waals surface area contributed by atoms with Crippen LogP contribution in [0.2, 0.25) is 0 Å². The molecule has 2 amide bonds. The van der Waals surface area contributed by atoms with Gasteiger partial charge >= 0.3 is 11.9 Å². The number of ether oxygens (including phenoxy) is 3. The lowest BCUT2D eigenvalue weighted by Crippen LogP contribution is -2.44. The van der Waals surface area contributed by atoms with E-state index in [9.17, 15) is 23.6 Å². The summed E-state index contributed by atoms with van der Waals surface area (Å²) in [5.41, 5.74) is -0.253. The van der Waals surface area contributed by atoms with E-state index in [1.807, 2.05) is 13.8 Å². The monoisotopic (exact) mass is 489 g/mol. The lowest BCUT2D eigenvalue weighted by molar-refractivity contribution is -0.155. The standard InChI is InChI=1S/C24H28FN3O7/c1-13(2)21(35-18-8-6-17(25)7-9-18)15(4)33-24(32)14(3)28-23(31)20-22(34-16(5)30)19(27-12-29)10-11-26-20/h6-15,21H,1-5H3,(H,28,31)(H,26,27,29)/t14-,15?,21?/m0/s1. The van der Waals surface area contributed by atoms with Crippen molar-refractivity contribution in [3.8, 4) is 11.5 Å². The number of aromatic nitrogens is 1. The van der Waals surface area contributed by atoms with Crippen molar-refractivity contribution in [3.05, 3.63) is 48.0 Å². The first-order valence-corrected chi connectivity index (χ1v) is 10.8.